The quantitative estimate of drug-likeness (QED) is 0.104. The molecule has 0 bridgehead atoms. The Kier molecular flexibility index (Phi) is 9.04. The number of carbonyl (C=O) groups is 1. The highest BCUT2D eigenvalue weighted by atomic mass is 16.5. The molecule has 2 aromatic rings. The Morgan fingerprint density at radius 1 is 1.29 bits per heavy atom. The Bertz CT molecular complexity index is 1070. The van der Waals surface area contributed by atoms with Crippen LogP contribution in [0.25, 0.3) is 10.4 Å². The zero-order chi connectivity index (χ0) is 24.2. The number of azide groups is 1. The monoisotopic (exact) mass is 464 g/mol. The number of ether oxygens (including phenoxy) is 2. The molecule has 2 aromatic carbocycles. The number of nitrogens with zero attached hydrogens (tertiary/aromatic N) is 4. The second-order valence-corrected chi connectivity index (χ2v) is 7.65. The van der Waals surface area contributed by atoms with Crippen LogP contribution in [0.3, 0.4) is 0 Å². The molecule has 1 heterocycles. The average Bonchev–Trinajstić information content (AvgIpc) is 3.29. The van der Waals surface area contributed by atoms with Crippen LogP contribution in [0.15, 0.2) is 71.3 Å². The zero-order valence-electron chi connectivity index (χ0n) is 18.8. The minimum Gasteiger partial charge on any atom is -0.494 e. The largest absolute Gasteiger partial charge is 0.494 e. The van der Waals surface area contributed by atoms with Crippen LogP contribution < -0.4 is 15.6 Å². The molecule has 1 aliphatic heterocycles. The summed E-state index contributed by atoms with van der Waals surface area (Å²) in [6, 6.07) is 14.7. The van der Waals surface area contributed by atoms with Crippen LogP contribution >= 0.6 is 0 Å². The highest BCUT2D eigenvalue weighted by molar-refractivity contribution is 6.00. The van der Waals surface area contributed by atoms with Crippen molar-refractivity contribution in [2.24, 2.45) is 10.1 Å². The lowest BCUT2D eigenvalue weighted by atomic mass is 9.89. The topological polar surface area (TPSA) is 141 Å². The molecular weight excluding hydrogens is 436 g/mol. The van der Waals surface area contributed by atoms with Crippen LogP contribution in [0.5, 0.6) is 5.75 Å². The van der Waals surface area contributed by atoms with Gasteiger partial charge in [0, 0.05) is 36.5 Å². The van der Waals surface area contributed by atoms with Crippen molar-refractivity contribution in [3.63, 3.8) is 0 Å². The number of carbonyl (C=O) groups excluding carboxylic acids is 1. The molecule has 0 saturated carbocycles. The maximum atomic E-state index is 13.2. The van der Waals surface area contributed by atoms with Crippen molar-refractivity contribution in [3.05, 3.63) is 88.3 Å². The molecule has 178 valence electrons. The van der Waals surface area contributed by atoms with E-state index >= 15 is 0 Å². The Hall–Kier alpha value is -3.85. The SMILES string of the molecule is C=CCNNC(=O)[C@]1(Cc2ccccc2CN=[N+]=[N-])COC(c2ccc(OCCCO)cc2)=N1. The van der Waals surface area contributed by atoms with Gasteiger partial charge in [0.2, 0.25) is 5.90 Å². The molecule has 0 spiro atoms. The summed E-state index contributed by atoms with van der Waals surface area (Å²) in [6.45, 7) is 4.74. The number of amides is 1. The van der Waals surface area contributed by atoms with Crippen LogP contribution in [-0.2, 0) is 22.5 Å². The number of hydrogen-bond donors (Lipinski definition) is 3. The lowest BCUT2D eigenvalue weighted by Gasteiger charge is -2.24. The summed E-state index contributed by atoms with van der Waals surface area (Å²) in [4.78, 5) is 20.8. The summed E-state index contributed by atoms with van der Waals surface area (Å²) in [5, 5.41) is 12.6. The maximum absolute atomic E-state index is 13.2. The Morgan fingerprint density at radius 2 is 2.06 bits per heavy atom. The Morgan fingerprint density at radius 3 is 2.76 bits per heavy atom. The standard InChI is InChI=1S/C24H28N6O4/c1-2-12-26-29-23(32)24(15-19-6-3-4-7-20(19)16-27-30-25)17-34-22(28-24)18-8-10-21(11-9-18)33-14-5-13-31/h2-4,6-11,26,31H,1,5,12-17H2,(H,29,32)/t24-/m0/s1. The van der Waals surface area contributed by atoms with Gasteiger partial charge in [0.15, 0.2) is 5.54 Å². The molecule has 34 heavy (non-hydrogen) atoms. The van der Waals surface area contributed by atoms with Crippen molar-refractivity contribution in [2.45, 2.75) is 24.9 Å². The first-order valence-corrected chi connectivity index (χ1v) is 10.9. The Labute approximate surface area is 197 Å². The number of nitrogens with one attached hydrogen (secondary N) is 2. The van der Waals surface area contributed by atoms with Crippen molar-refractivity contribution in [2.75, 3.05) is 26.4 Å². The van der Waals surface area contributed by atoms with Gasteiger partial charge in [-0.3, -0.25) is 10.2 Å². The van der Waals surface area contributed by atoms with Crippen LogP contribution in [0.1, 0.15) is 23.1 Å². The van der Waals surface area contributed by atoms with Crippen LogP contribution in [0.4, 0.5) is 0 Å². The summed E-state index contributed by atoms with van der Waals surface area (Å²) in [5.41, 5.74) is 15.4. The number of hydrogen-bond acceptors (Lipinski definition) is 7. The van der Waals surface area contributed by atoms with E-state index in [0.29, 0.717) is 36.8 Å². The van der Waals surface area contributed by atoms with Crippen LogP contribution in [0, 0.1) is 0 Å². The molecule has 3 N–H and O–H groups in total. The van der Waals surface area contributed by atoms with Gasteiger partial charge in [-0.2, -0.15) is 0 Å². The fourth-order valence-corrected chi connectivity index (χ4v) is 3.46. The third-order valence-corrected chi connectivity index (χ3v) is 5.21. The summed E-state index contributed by atoms with van der Waals surface area (Å²) in [6.07, 6.45) is 2.44. The minimum absolute atomic E-state index is 0.0501. The summed E-state index contributed by atoms with van der Waals surface area (Å²) in [5.74, 6) is 0.681. The molecular formula is C24H28N6O4. The van der Waals surface area contributed by atoms with E-state index in [2.05, 4.69) is 27.5 Å². The molecule has 10 heteroatoms. The molecule has 0 aromatic heterocycles. The van der Waals surface area contributed by atoms with Gasteiger partial charge in [0.05, 0.1) is 13.2 Å². The first-order chi connectivity index (χ1) is 16.6. The molecule has 0 radical (unpaired) electrons. The lowest BCUT2D eigenvalue weighted by Crippen LogP contribution is -2.53. The predicted octanol–water partition coefficient (Wildman–Crippen LogP) is 2.82. The van der Waals surface area contributed by atoms with Gasteiger partial charge in [-0.1, -0.05) is 35.5 Å². The zero-order valence-corrected chi connectivity index (χ0v) is 18.8. The van der Waals surface area contributed by atoms with Crippen molar-refractivity contribution in [1.29, 1.82) is 0 Å². The van der Waals surface area contributed by atoms with E-state index in [4.69, 9.17) is 25.1 Å². The van der Waals surface area contributed by atoms with E-state index in [9.17, 15) is 4.79 Å². The second kappa shape index (κ2) is 12.4. The third kappa shape index (κ3) is 6.35. The maximum Gasteiger partial charge on any atom is 0.266 e. The average molecular weight is 465 g/mol. The fourth-order valence-electron chi connectivity index (χ4n) is 3.46. The normalized spacial score (nSPS) is 16.7. The van der Waals surface area contributed by atoms with Gasteiger partial charge in [-0.25, -0.2) is 10.4 Å². The third-order valence-electron chi connectivity index (χ3n) is 5.21. The summed E-state index contributed by atoms with van der Waals surface area (Å²) < 4.78 is 11.5. The number of benzene rings is 2. The first kappa shape index (κ1) is 24.8. The molecule has 10 nitrogen and oxygen atoms in total. The second-order valence-electron chi connectivity index (χ2n) is 7.65. The van der Waals surface area contributed by atoms with Gasteiger partial charge in [0.1, 0.15) is 12.4 Å². The van der Waals surface area contributed by atoms with Crippen molar-refractivity contribution in [1.82, 2.24) is 10.9 Å². The fraction of sp³-hybridized carbons (Fsp3) is 0.333. The van der Waals surface area contributed by atoms with E-state index in [-0.39, 0.29) is 32.1 Å². The van der Waals surface area contributed by atoms with Crippen molar-refractivity contribution in [3.8, 4) is 5.75 Å². The number of aliphatic imine (C=N–C) groups is 1. The van der Waals surface area contributed by atoms with Gasteiger partial charge < -0.3 is 14.6 Å². The lowest BCUT2D eigenvalue weighted by molar-refractivity contribution is -0.127. The Balaban J connectivity index is 1.87. The van der Waals surface area contributed by atoms with Gasteiger partial charge >= 0.3 is 0 Å². The molecule has 1 aliphatic rings. The predicted molar refractivity (Wildman–Crippen MR) is 128 cm³/mol. The smallest absolute Gasteiger partial charge is 0.266 e. The van der Waals surface area contributed by atoms with Gasteiger partial charge in [0.25, 0.3) is 5.91 Å². The summed E-state index contributed by atoms with van der Waals surface area (Å²) in [7, 11) is 0. The molecule has 3 rings (SSSR count). The molecule has 0 fully saturated rings. The molecule has 1 atom stereocenters. The van der Waals surface area contributed by atoms with E-state index in [1.54, 1.807) is 18.2 Å². The van der Waals surface area contributed by atoms with Gasteiger partial charge in [-0.15, -0.1) is 6.58 Å². The van der Waals surface area contributed by atoms with E-state index in [1.165, 1.54) is 0 Å². The van der Waals surface area contributed by atoms with E-state index < -0.39 is 5.54 Å². The molecule has 1 amide bonds. The van der Waals surface area contributed by atoms with Gasteiger partial charge in [-0.05, 0) is 40.9 Å². The minimum atomic E-state index is -1.22. The van der Waals surface area contributed by atoms with Crippen molar-refractivity contribution >= 4 is 11.8 Å². The molecule has 0 saturated heterocycles. The van der Waals surface area contributed by atoms with Crippen molar-refractivity contribution < 1.29 is 19.4 Å². The number of aliphatic hydroxyl groups excluding tert-OH is 1. The number of hydrazine groups is 1. The molecule has 0 unspecified atom stereocenters. The highest BCUT2D eigenvalue weighted by Crippen LogP contribution is 2.29. The number of aliphatic hydroxyl groups is 1. The van der Waals surface area contributed by atoms with E-state index in [1.807, 2.05) is 36.4 Å². The highest BCUT2D eigenvalue weighted by Gasteiger charge is 2.44. The van der Waals surface area contributed by atoms with Crippen LogP contribution in [0.2, 0.25) is 0 Å². The van der Waals surface area contributed by atoms with E-state index in [0.717, 1.165) is 11.1 Å². The number of rotatable bonds is 13. The first-order valence-electron chi connectivity index (χ1n) is 10.9. The molecule has 0 aliphatic carbocycles. The summed E-state index contributed by atoms with van der Waals surface area (Å²) >= 11 is 0. The van der Waals surface area contributed by atoms with Crippen LogP contribution in [-0.4, -0.2) is 48.8 Å².